The van der Waals surface area contributed by atoms with Gasteiger partial charge in [0.25, 0.3) is 0 Å². The third-order valence-electron chi connectivity index (χ3n) is 7.18. The lowest BCUT2D eigenvalue weighted by Crippen LogP contribution is -2.43. The van der Waals surface area contributed by atoms with Crippen molar-refractivity contribution in [1.29, 1.82) is 0 Å². The van der Waals surface area contributed by atoms with Crippen molar-refractivity contribution in [1.82, 2.24) is 25.0 Å². The van der Waals surface area contributed by atoms with Crippen molar-refractivity contribution in [2.24, 2.45) is 10.8 Å². The van der Waals surface area contributed by atoms with Gasteiger partial charge in [-0.2, -0.15) is 5.10 Å². The van der Waals surface area contributed by atoms with Crippen molar-refractivity contribution < 1.29 is 0 Å². The molecule has 4 heterocycles. The molecule has 0 atom stereocenters. The molecule has 0 spiro atoms. The van der Waals surface area contributed by atoms with Crippen molar-refractivity contribution in [2.45, 2.75) is 24.8 Å². The van der Waals surface area contributed by atoms with Gasteiger partial charge in [0.2, 0.25) is 5.95 Å². The Morgan fingerprint density at radius 1 is 0.886 bits per heavy atom. The standard InChI is InChI=1S/C27H24N8/c28-27(13-4-14-27)20-9-7-19(8-10-20)25-21(18-5-2-1-3-6-18)15-23-22(31-25)11-12-24-32-33-26(35(23)24)34-16-29-30-17-34/h1-3,5-12,15-16,30H,4,13-14,17,28H2. The zero-order valence-corrected chi connectivity index (χ0v) is 19.1. The molecule has 1 saturated carbocycles. The smallest absolute Gasteiger partial charge is 0.239 e. The molecule has 0 radical (unpaired) electrons. The molecule has 35 heavy (non-hydrogen) atoms. The summed E-state index contributed by atoms with van der Waals surface area (Å²) in [6.45, 7) is 0.545. The van der Waals surface area contributed by atoms with Gasteiger partial charge >= 0.3 is 0 Å². The van der Waals surface area contributed by atoms with E-state index in [0.29, 0.717) is 12.6 Å². The molecule has 1 fully saturated rings. The van der Waals surface area contributed by atoms with E-state index in [1.54, 1.807) is 6.34 Å². The summed E-state index contributed by atoms with van der Waals surface area (Å²) in [5.74, 6) is 0.700. The lowest BCUT2D eigenvalue weighted by molar-refractivity contribution is 0.253. The van der Waals surface area contributed by atoms with Gasteiger partial charge in [-0.25, -0.2) is 4.98 Å². The first-order valence-electron chi connectivity index (χ1n) is 11.9. The van der Waals surface area contributed by atoms with Gasteiger partial charge in [-0.15, -0.1) is 10.2 Å². The minimum atomic E-state index is -0.179. The lowest BCUT2D eigenvalue weighted by Gasteiger charge is -2.38. The van der Waals surface area contributed by atoms with E-state index in [1.807, 2.05) is 27.5 Å². The van der Waals surface area contributed by atoms with Crippen LogP contribution in [0.2, 0.25) is 0 Å². The quantitative estimate of drug-likeness (QED) is 0.416. The Morgan fingerprint density at radius 3 is 2.43 bits per heavy atom. The monoisotopic (exact) mass is 460 g/mol. The van der Waals surface area contributed by atoms with Crippen molar-refractivity contribution in [3.8, 4) is 22.4 Å². The number of pyridine rings is 2. The van der Waals surface area contributed by atoms with E-state index in [9.17, 15) is 0 Å². The number of nitrogens with two attached hydrogens (primary N) is 1. The largest absolute Gasteiger partial charge is 0.321 e. The number of benzene rings is 2. The highest BCUT2D eigenvalue weighted by Crippen LogP contribution is 2.40. The topological polar surface area (TPSA) is 96.7 Å². The highest BCUT2D eigenvalue weighted by Gasteiger charge is 2.34. The van der Waals surface area contributed by atoms with Crippen LogP contribution in [0, 0.1) is 0 Å². The van der Waals surface area contributed by atoms with Crippen LogP contribution in [0.25, 0.3) is 39.1 Å². The fourth-order valence-electron chi connectivity index (χ4n) is 5.04. The molecule has 8 heteroatoms. The van der Waals surface area contributed by atoms with E-state index in [2.05, 4.69) is 75.3 Å². The molecule has 5 aromatic rings. The van der Waals surface area contributed by atoms with Gasteiger partial charge in [-0.1, -0.05) is 54.6 Å². The third-order valence-corrected chi connectivity index (χ3v) is 7.18. The molecule has 1 aliphatic heterocycles. The summed E-state index contributed by atoms with van der Waals surface area (Å²) in [4.78, 5) is 7.10. The highest BCUT2D eigenvalue weighted by molar-refractivity contribution is 5.92. The second-order valence-corrected chi connectivity index (χ2v) is 9.30. The van der Waals surface area contributed by atoms with Crippen LogP contribution >= 0.6 is 0 Å². The average Bonchev–Trinajstić information content (AvgIpc) is 3.57. The molecule has 1 aliphatic carbocycles. The molecule has 0 saturated heterocycles. The number of anilines is 1. The number of rotatable bonds is 4. The summed E-state index contributed by atoms with van der Waals surface area (Å²) in [7, 11) is 0. The van der Waals surface area contributed by atoms with Gasteiger partial charge in [0.05, 0.1) is 16.7 Å². The Hall–Kier alpha value is -4.30. The fourth-order valence-corrected chi connectivity index (χ4v) is 5.04. The first-order valence-corrected chi connectivity index (χ1v) is 11.9. The van der Waals surface area contributed by atoms with Crippen LogP contribution in [0.5, 0.6) is 0 Å². The molecular weight excluding hydrogens is 436 g/mol. The van der Waals surface area contributed by atoms with Crippen molar-refractivity contribution >= 4 is 29.0 Å². The van der Waals surface area contributed by atoms with Crippen LogP contribution in [-0.4, -0.2) is 32.6 Å². The minimum Gasteiger partial charge on any atom is -0.321 e. The second kappa shape index (κ2) is 7.61. The maximum absolute atomic E-state index is 6.57. The van der Waals surface area contributed by atoms with Gasteiger partial charge < -0.3 is 5.73 Å². The van der Waals surface area contributed by atoms with Crippen LogP contribution in [0.3, 0.4) is 0 Å². The van der Waals surface area contributed by atoms with E-state index in [4.69, 9.17) is 10.7 Å². The SMILES string of the molecule is NC1(c2ccc(-c3nc4ccc5nnc(N6C=NNC6)n5c4cc3-c3ccccc3)cc2)CCC1. The number of aromatic nitrogens is 4. The van der Waals surface area contributed by atoms with Gasteiger partial charge in [-0.05, 0) is 48.6 Å². The number of nitrogens with zero attached hydrogens (tertiary/aromatic N) is 6. The molecule has 0 amide bonds. The summed E-state index contributed by atoms with van der Waals surface area (Å²) < 4.78 is 2.04. The Bertz CT molecular complexity index is 1580. The number of hydrogen-bond acceptors (Lipinski definition) is 7. The van der Waals surface area contributed by atoms with E-state index < -0.39 is 0 Å². The van der Waals surface area contributed by atoms with Crippen LogP contribution < -0.4 is 16.1 Å². The van der Waals surface area contributed by atoms with Gasteiger partial charge in [0.1, 0.15) is 13.0 Å². The Morgan fingerprint density at radius 2 is 1.71 bits per heavy atom. The number of nitrogens with one attached hydrogen (secondary N) is 1. The third kappa shape index (κ3) is 3.18. The highest BCUT2D eigenvalue weighted by atomic mass is 15.5. The Labute approximate surface area is 202 Å². The molecule has 0 unspecified atom stereocenters. The van der Waals surface area contributed by atoms with Gasteiger partial charge in [0, 0.05) is 16.7 Å². The fraction of sp³-hybridized carbons (Fsp3) is 0.185. The van der Waals surface area contributed by atoms with Crippen LogP contribution in [0.1, 0.15) is 24.8 Å². The lowest BCUT2D eigenvalue weighted by atomic mass is 9.72. The summed E-state index contributed by atoms with van der Waals surface area (Å²) in [6.07, 6.45) is 5.01. The van der Waals surface area contributed by atoms with Crippen LogP contribution in [0.15, 0.2) is 77.9 Å². The van der Waals surface area contributed by atoms with Crippen LogP contribution in [-0.2, 0) is 5.54 Å². The van der Waals surface area contributed by atoms with E-state index in [1.165, 1.54) is 12.0 Å². The van der Waals surface area contributed by atoms with Gasteiger partial charge in [-0.3, -0.25) is 14.7 Å². The van der Waals surface area contributed by atoms with Gasteiger partial charge in [0.15, 0.2) is 5.65 Å². The first-order chi connectivity index (χ1) is 17.2. The molecule has 2 aliphatic rings. The number of fused-ring (bicyclic) bond motifs is 3. The molecule has 2 aromatic carbocycles. The van der Waals surface area contributed by atoms with E-state index in [-0.39, 0.29) is 5.54 Å². The zero-order chi connectivity index (χ0) is 23.4. The van der Waals surface area contributed by atoms with E-state index >= 15 is 0 Å². The Balaban J connectivity index is 1.45. The average molecular weight is 461 g/mol. The maximum atomic E-state index is 6.57. The molecule has 8 nitrogen and oxygen atoms in total. The molecule has 0 bridgehead atoms. The summed E-state index contributed by atoms with van der Waals surface area (Å²) >= 11 is 0. The maximum Gasteiger partial charge on any atom is 0.239 e. The summed E-state index contributed by atoms with van der Waals surface area (Å²) in [5, 5.41) is 12.9. The molecule has 3 N–H and O–H groups in total. The summed E-state index contributed by atoms with van der Waals surface area (Å²) in [5.41, 5.74) is 17.3. The normalized spacial score (nSPS) is 16.5. The Kier molecular flexibility index (Phi) is 4.37. The van der Waals surface area contributed by atoms with Crippen molar-refractivity contribution in [3.05, 3.63) is 78.4 Å². The predicted octanol–water partition coefficient (Wildman–Crippen LogP) is 4.26. The van der Waals surface area contributed by atoms with Crippen molar-refractivity contribution in [2.75, 3.05) is 11.6 Å². The minimum absolute atomic E-state index is 0.179. The summed E-state index contributed by atoms with van der Waals surface area (Å²) in [6, 6.07) is 25.2. The number of hydrogen-bond donors (Lipinski definition) is 2. The number of hydrazone groups is 1. The predicted molar refractivity (Wildman–Crippen MR) is 138 cm³/mol. The second-order valence-electron chi connectivity index (χ2n) is 9.30. The molecular formula is C27H24N8. The first kappa shape index (κ1) is 20.1. The molecule has 7 rings (SSSR count). The molecule has 172 valence electrons. The van der Waals surface area contributed by atoms with Crippen molar-refractivity contribution in [3.63, 3.8) is 0 Å². The zero-order valence-electron chi connectivity index (χ0n) is 19.1. The van der Waals surface area contributed by atoms with E-state index in [0.717, 1.165) is 51.9 Å². The van der Waals surface area contributed by atoms with Crippen LogP contribution in [0.4, 0.5) is 5.95 Å². The molecule has 3 aromatic heterocycles.